The monoisotopic (exact) mass is 262 g/mol. The Hall–Kier alpha value is -0.430. The zero-order chi connectivity index (χ0) is 12.5. The molecular weight excluding hydrogens is 240 g/mol. The fourth-order valence-corrected chi connectivity index (χ4v) is 1.91. The van der Waals surface area contributed by atoms with Crippen molar-refractivity contribution in [3.8, 4) is 0 Å². The van der Waals surface area contributed by atoms with Gasteiger partial charge in [0.25, 0.3) is 0 Å². The lowest BCUT2D eigenvalue weighted by Gasteiger charge is -2.33. The molecule has 100 valence electrons. The van der Waals surface area contributed by atoms with Crippen LogP contribution in [-0.4, -0.2) is 67.3 Å². The SMILES string of the molecule is CCOCCCNC(=S)N1CCOC(CO)C1. The van der Waals surface area contributed by atoms with Crippen molar-refractivity contribution >= 4 is 17.3 Å². The molecule has 1 fully saturated rings. The number of hydrogen-bond donors (Lipinski definition) is 2. The molecule has 0 aromatic heterocycles. The van der Waals surface area contributed by atoms with Crippen LogP contribution >= 0.6 is 12.2 Å². The van der Waals surface area contributed by atoms with Crippen LogP contribution in [-0.2, 0) is 9.47 Å². The van der Waals surface area contributed by atoms with Crippen LogP contribution in [0.25, 0.3) is 0 Å². The van der Waals surface area contributed by atoms with Crippen LogP contribution in [0.2, 0.25) is 0 Å². The van der Waals surface area contributed by atoms with E-state index in [-0.39, 0.29) is 12.7 Å². The van der Waals surface area contributed by atoms with E-state index in [1.54, 1.807) is 0 Å². The highest BCUT2D eigenvalue weighted by molar-refractivity contribution is 7.80. The maximum absolute atomic E-state index is 9.03. The molecule has 1 atom stereocenters. The van der Waals surface area contributed by atoms with Gasteiger partial charge in [-0.05, 0) is 25.6 Å². The van der Waals surface area contributed by atoms with E-state index in [4.69, 9.17) is 26.8 Å². The van der Waals surface area contributed by atoms with Crippen molar-refractivity contribution in [1.29, 1.82) is 0 Å². The minimum absolute atomic E-state index is 0.0451. The van der Waals surface area contributed by atoms with Crippen LogP contribution in [0.15, 0.2) is 0 Å². The fourth-order valence-electron chi connectivity index (χ4n) is 1.64. The number of ether oxygens (including phenoxy) is 2. The lowest BCUT2D eigenvalue weighted by Crippen LogP contribution is -2.50. The second-order valence-corrected chi connectivity index (χ2v) is 4.29. The second kappa shape index (κ2) is 8.63. The van der Waals surface area contributed by atoms with Crippen LogP contribution in [0.4, 0.5) is 0 Å². The predicted molar refractivity (Wildman–Crippen MR) is 70.1 cm³/mol. The highest BCUT2D eigenvalue weighted by Gasteiger charge is 2.21. The fraction of sp³-hybridized carbons (Fsp3) is 0.909. The number of thiocarbonyl (C=S) groups is 1. The van der Waals surface area contributed by atoms with Crippen LogP contribution in [0, 0.1) is 0 Å². The lowest BCUT2D eigenvalue weighted by molar-refractivity contribution is -0.0342. The van der Waals surface area contributed by atoms with Gasteiger partial charge in [-0.3, -0.25) is 0 Å². The first-order chi connectivity index (χ1) is 8.27. The standard InChI is InChI=1S/C11H22N2O3S/c1-2-15-6-3-4-12-11(17)13-5-7-16-10(8-13)9-14/h10,14H,2-9H2,1H3,(H,12,17). The zero-order valence-corrected chi connectivity index (χ0v) is 11.2. The Morgan fingerprint density at radius 3 is 3.18 bits per heavy atom. The molecule has 6 heteroatoms. The summed E-state index contributed by atoms with van der Waals surface area (Å²) in [4.78, 5) is 2.04. The van der Waals surface area contributed by atoms with Gasteiger partial charge in [-0.2, -0.15) is 0 Å². The first-order valence-corrected chi connectivity index (χ1v) is 6.51. The van der Waals surface area contributed by atoms with Gasteiger partial charge < -0.3 is 24.8 Å². The van der Waals surface area contributed by atoms with Gasteiger partial charge in [-0.25, -0.2) is 0 Å². The van der Waals surface area contributed by atoms with Crippen molar-refractivity contribution < 1.29 is 14.6 Å². The molecule has 1 aliphatic rings. The van der Waals surface area contributed by atoms with E-state index in [0.717, 1.165) is 37.8 Å². The summed E-state index contributed by atoms with van der Waals surface area (Å²) in [7, 11) is 0. The van der Waals surface area contributed by atoms with E-state index in [0.29, 0.717) is 13.2 Å². The maximum Gasteiger partial charge on any atom is 0.169 e. The molecule has 0 aliphatic carbocycles. The number of rotatable bonds is 6. The lowest BCUT2D eigenvalue weighted by atomic mass is 10.3. The van der Waals surface area contributed by atoms with Crippen LogP contribution in [0.5, 0.6) is 0 Å². The summed E-state index contributed by atoms with van der Waals surface area (Å²) < 4.78 is 10.6. The first-order valence-electron chi connectivity index (χ1n) is 6.11. The van der Waals surface area contributed by atoms with E-state index in [1.807, 2.05) is 11.8 Å². The minimum atomic E-state index is -0.119. The Bertz CT molecular complexity index is 229. The zero-order valence-electron chi connectivity index (χ0n) is 10.4. The van der Waals surface area contributed by atoms with Gasteiger partial charge in [-0.15, -0.1) is 0 Å². The highest BCUT2D eigenvalue weighted by Crippen LogP contribution is 2.04. The topological polar surface area (TPSA) is 54.0 Å². The molecule has 0 saturated carbocycles. The van der Waals surface area contributed by atoms with Crippen LogP contribution in [0.3, 0.4) is 0 Å². The summed E-state index contributed by atoms with van der Waals surface area (Å²) >= 11 is 5.29. The third-order valence-corrected chi connectivity index (χ3v) is 2.98. The normalized spacial score (nSPS) is 20.4. The number of morpholine rings is 1. The molecule has 0 spiro atoms. The van der Waals surface area contributed by atoms with Gasteiger partial charge in [0.05, 0.1) is 19.3 Å². The summed E-state index contributed by atoms with van der Waals surface area (Å²) in [5.41, 5.74) is 0. The maximum atomic E-state index is 9.03. The van der Waals surface area contributed by atoms with Gasteiger partial charge in [-0.1, -0.05) is 0 Å². The summed E-state index contributed by atoms with van der Waals surface area (Å²) in [6.45, 7) is 6.43. The van der Waals surface area contributed by atoms with E-state index in [1.165, 1.54) is 0 Å². The molecule has 0 aromatic rings. The Balaban J connectivity index is 2.14. The molecule has 2 N–H and O–H groups in total. The average molecular weight is 262 g/mol. The van der Waals surface area contributed by atoms with Crippen molar-refractivity contribution in [2.24, 2.45) is 0 Å². The molecule has 1 unspecified atom stereocenters. The summed E-state index contributed by atoms with van der Waals surface area (Å²) in [6, 6.07) is 0. The number of nitrogens with zero attached hydrogens (tertiary/aromatic N) is 1. The second-order valence-electron chi connectivity index (χ2n) is 3.90. The molecule has 0 radical (unpaired) electrons. The Morgan fingerprint density at radius 2 is 2.47 bits per heavy atom. The number of nitrogens with one attached hydrogen (secondary N) is 1. The largest absolute Gasteiger partial charge is 0.394 e. The Labute approximate surface area is 108 Å². The Kier molecular flexibility index (Phi) is 7.43. The molecule has 0 amide bonds. The highest BCUT2D eigenvalue weighted by atomic mass is 32.1. The number of aliphatic hydroxyl groups is 1. The molecule has 0 aromatic carbocycles. The molecule has 1 heterocycles. The summed E-state index contributed by atoms with van der Waals surface area (Å²) in [5.74, 6) is 0. The summed E-state index contributed by atoms with van der Waals surface area (Å²) in [6.07, 6.45) is 0.828. The van der Waals surface area contributed by atoms with Crippen molar-refractivity contribution in [2.75, 3.05) is 46.1 Å². The van der Waals surface area contributed by atoms with E-state index < -0.39 is 0 Å². The van der Waals surface area contributed by atoms with Gasteiger partial charge in [0.1, 0.15) is 0 Å². The number of aliphatic hydroxyl groups excluding tert-OH is 1. The van der Waals surface area contributed by atoms with Gasteiger partial charge >= 0.3 is 0 Å². The molecule has 0 bridgehead atoms. The Morgan fingerprint density at radius 1 is 1.65 bits per heavy atom. The molecule has 1 saturated heterocycles. The molecule has 1 rings (SSSR count). The van der Waals surface area contributed by atoms with Crippen molar-refractivity contribution in [3.63, 3.8) is 0 Å². The molecular formula is C11H22N2O3S. The van der Waals surface area contributed by atoms with Gasteiger partial charge in [0, 0.05) is 32.8 Å². The first kappa shape index (κ1) is 14.6. The van der Waals surface area contributed by atoms with Crippen molar-refractivity contribution in [1.82, 2.24) is 10.2 Å². The van der Waals surface area contributed by atoms with E-state index >= 15 is 0 Å². The van der Waals surface area contributed by atoms with Crippen LogP contribution in [0.1, 0.15) is 13.3 Å². The quantitative estimate of drug-likeness (QED) is 0.518. The third-order valence-electron chi connectivity index (χ3n) is 2.58. The van der Waals surface area contributed by atoms with Gasteiger partial charge in [0.2, 0.25) is 0 Å². The molecule has 17 heavy (non-hydrogen) atoms. The average Bonchev–Trinajstić information content (AvgIpc) is 2.38. The molecule has 5 nitrogen and oxygen atoms in total. The van der Waals surface area contributed by atoms with Gasteiger partial charge in [0.15, 0.2) is 5.11 Å². The van der Waals surface area contributed by atoms with Crippen molar-refractivity contribution in [2.45, 2.75) is 19.4 Å². The molecule has 1 aliphatic heterocycles. The van der Waals surface area contributed by atoms with Crippen molar-refractivity contribution in [3.05, 3.63) is 0 Å². The minimum Gasteiger partial charge on any atom is -0.394 e. The number of hydrogen-bond acceptors (Lipinski definition) is 4. The smallest absolute Gasteiger partial charge is 0.169 e. The summed E-state index contributed by atoms with van der Waals surface area (Å²) in [5, 5.41) is 13.0. The predicted octanol–water partition coefficient (Wildman–Crippen LogP) is -0.0194. The third kappa shape index (κ3) is 5.63. The van der Waals surface area contributed by atoms with E-state index in [2.05, 4.69) is 5.32 Å². The van der Waals surface area contributed by atoms with E-state index in [9.17, 15) is 0 Å². The van der Waals surface area contributed by atoms with Crippen LogP contribution < -0.4 is 5.32 Å².